The van der Waals surface area contributed by atoms with E-state index in [1.807, 2.05) is 6.07 Å². The van der Waals surface area contributed by atoms with Crippen LogP contribution in [0.15, 0.2) is 24.3 Å². The summed E-state index contributed by atoms with van der Waals surface area (Å²) in [7, 11) is 0. The fourth-order valence-electron chi connectivity index (χ4n) is 1.86. The molecule has 20 heavy (non-hydrogen) atoms. The molecule has 2 N–H and O–H groups in total. The summed E-state index contributed by atoms with van der Waals surface area (Å²) >= 11 is 0. The molecule has 1 aliphatic carbocycles. The number of carbonyl (C=O) groups excluding carboxylic acids is 1. The summed E-state index contributed by atoms with van der Waals surface area (Å²) in [5.41, 5.74) is 1.57. The Morgan fingerprint density at radius 3 is 2.85 bits per heavy atom. The molecule has 0 saturated heterocycles. The maximum absolute atomic E-state index is 11.7. The van der Waals surface area contributed by atoms with Crippen molar-refractivity contribution in [2.75, 3.05) is 18.5 Å². The Labute approximate surface area is 117 Å². The van der Waals surface area contributed by atoms with Crippen LogP contribution >= 0.6 is 0 Å². The third-order valence-corrected chi connectivity index (χ3v) is 3.12. The summed E-state index contributed by atoms with van der Waals surface area (Å²) in [6.07, 6.45) is 2.94. The van der Waals surface area contributed by atoms with Crippen molar-refractivity contribution in [2.24, 2.45) is 5.92 Å². The van der Waals surface area contributed by atoms with Gasteiger partial charge in [-0.05, 0) is 42.9 Å². The van der Waals surface area contributed by atoms with Crippen LogP contribution in [0, 0.1) is 5.92 Å². The minimum absolute atomic E-state index is 0.0653. The molecule has 1 aromatic carbocycles. The Balaban J connectivity index is 1.76. The Morgan fingerprint density at radius 1 is 1.35 bits per heavy atom. The predicted molar refractivity (Wildman–Crippen MR) is 74.6 cm³/mol. The lowest BCUT2D eigenvalue weighted by atomic mass is 10.1. The molecule has 0 aliphatic heterocycles. The number of aliphatic carboxylic acids is 1. The lowest BCUT2D eigenvalue weighted by Gasteiger charge is -2.07. The molecule has 5 nitrogen and oxygen atoms in total. The van der Waals surface area contributed by atoms with Gasteiger partial charge in [0.05, 0.1) is 6.61 Å². The minimum Gasteiger partial charge on any atom is -0.481 e. The molecule has 0 unspecified atom stereocenters. The SMILES string of the molecule is O=C(O)CCc1cccc(NC(=O)COCC2CC2)c1. The zero-order valence-electron chi connectivity index (χ0n) is 11.3. The molecule has 1 aliphatic rings. The molecule has 0 radical (unpaired) electrons. The zero-order chi connectivity index (χ0) is 14.4. The van der Waals surface area contributed by atoms with Crippen LogP contribution in [-0.4, -0.2) is 30.2 Å². The lowest BCUT2D eigenvalue weighted by molar-refractivity contribution is -0.137. The lowest BCUT2D eigenvalue weighted by Crippen LogP contribution is -2.19. The summed E-state index contributed by atoms with van der Waals surface area (Å²) in [5, 5.41) is 11.4. The van der Waals surface area contributed by atoms with Crippen LogP contribution in [-0.2, 0) is 20.7 Å². The van der Waals surface area contributed by atoms with Crippen LogP contribution in [0.3, 0.4) is 0 Å². The normalized spacial score (nSPS) is 14.0. The van der Waals surface area contributed by atoms with Gasteiger partial charge in [-0.3, -0.25) is 9.59 Å². The van der Waals surface area contributed by atoms with Gasteiger partial charge in [0, 0.05) is 12.1 Å². The standard InChI is InChI=1S/C15H19NO4/c17-14(10-20-9-12-4-5-12)16-13-3-1-2-11(8-13)6-7-15(18)19/h1-3,8,12H,4-7,9-10H2,(H,16,17)(H,18,19). The summed E-state index contributed by atoms with van der Waals surface area (Å²) in [6.45, 7) is 0.724. The first kappa shape index (κ1) is 14.5. The van der Waals surface area contributed by atoms with E-state index in [1.165, 1.54) is 12.8 Å². The van der Waals surface area contributed by atoms with Gasteiger partial charge in [-0.1, -0.05) is 12.1 Å². The second-order valence-electron chi connectivity index (χ2n) is 5.10. The average molecular weight is 277 g/mol. The molecule has 5 heteroatoms. The number of nitrogens with one attached hydrogen (secondary N) is 1. The third-order valence-electron chi connectivity index (χ3n) is 3.12. The van der Waals surface area contributed by atoms with Crippen molar-refractivity contribution in [2.45, 2.75) is 25.7 Å². The number of ether oxygens (including phenoxy) is 1. The first-order chi connectivity index (χ1) is 9.63. The van der Waals surface area contributed by atoms with Crippen LogP contribution in [0.2, 0.25) is 0 Å². The Hall–Kier alpha value is -1.88. The molecule has 0 atom stereocenters. The number of anilines is 1. The fourth-order valence-corrected chi connectivity index (χ4v) is 1.86. The van der Waals surface area contributed by atoms with Crippen LogP contribution in [0.4, 0.5) is 5.69 Å². The average Bonchev–Trinajstić information content (AvgIpc) is 3.21. The van der Waals surface area contributed by atoms with E-state index in [0.717, 1.165) is 5.56 Å². The molecular formula is C15H19NO4. The number of amides is 1. The van der Waals surface area contributed by atoms with Gasteiger partial charge >= 0.3 is 5.97 Å². The molecule has 0 bridgehead atoms. The molecule has 1 amide bonds. The van der Waals surface area contributed by atoms with Gasteiger partial charge in [-0.2, -0.15) is 0 Å². The maximum Gasteiger partial charge on any atom is 0.303 e. The summed E-state index contributed by atoms with van der Waals surface area (Å²) in [4.78, 5) is 22.2. The van der Waals surface area contributed by atoms with Crippen molar-refractivity contribution in [1.82, 2.24) is 0 Å². The van der Waals surface area contributed by atoms with E-state index in [9.17, 15) is 9.59 Å². The number of carbonyl (C=O) groups is 2. The molecule has 1 fully saturated rings. The van der Waals surface area contributed by atoms with Gasteiger partial charge in [0.25, 0.3) is 0 Å². The molecule has 1 aromatic rings. The zero-order valence-corrected chi connectivity index (χ0v) is 11.3. The number of hydrogen-bond acceptors (Lipinski definition) is 3. The topological polar surface area (TPSA) is 75.6 Å². The summed E-state index contributed by atoms with van der Waals surface area (Å²) in [5.74, 6) is -0.365. The van der Waals surface area contributed by atoms with Gasteiger partial charge in [0.2, 0.25) is 5.91 Å². The van der Waals surface area contributed by atoms with E-state index < -0.39 is 5.97 Å². The number of rotatable bonds is 8. The highest BCUT2D eigenvalue weighted by Gasteiger charge is 2.21. The predicted octanol–water partition coefficient (Wildman–Crippen LogP) is 2.07. The largest absolute Gasteiger partial charge is 0.481 e. The van der Waals surface area contributed by atoms with Crippen molar-refractivity contribution < 1.29 is 19.4 Å². The Morgan fingerprint density at radius 2 is 2.15 bits per heavy atom. The van der Waals surface area contributed by atoms with Crippen LogP contribution < -0.4 is 5.32 Å². The number of benzene rings is 1. The number of carboxylic acid groups (broad SMARTS) is 1. The molecule has 108 valence electrons. The molecule has 0 spiro atoms. The molecule has 2 rings (SSSR count). The van der Waals surface area contributed by atoms with Crippen LogP contribution in [0.25, 0.3) is 0 Å². The number of aryl methyl sites for hydroxylation is 1. The molecule has 0 heterocycles. The monoisotopic (exact) mass is 277 g/mol. The summed E-state index contributed by atoms with van der Waals surface area (Å²) < 4.78 is 5.31. The van der Waals surface area contributed by atoms with Gasteiger partial charge in [-0.25, -0.2) is 0 Å². The van der Waals surface area contributed by atoms with E-state index in [1.54, 1.807) is 18.2 Å². The van der Waals surface area contributed by atoms with Gasteiger partial charge in [0.1, 0.15) is 6.61 Å². The highest BCUT2D eigenvalue weighted by atomic mass is 16.5. The van der Waals surface area contributed by atoms with Crippen molar-refractivity contribution >= 4 is 17.6 Å². The Bertz CT molecular complexity index is 483. The van der Waals surface area contributed by atoms with Crippen LogP contribution in [0.5, 0.6) is 0 Å². The summed E-state index contributed by atoms with van der Waals surface area (Å²) in [6, 6.07) is 7.23. The first-order valence-corrected chi connectivity index (χ1v) is 6.82. The fraction of sp³-hybridized carbons (Fsp3) is 0.467. The highest BCUT2D eigenvalue weighted by molar-refractivity contribution is 5.91. The number of hydrogen-bond donors (Lipinski definition) is 2. The van der Waals surface area contributed by atoms with Crippen molar-refractivity contribution in [3.05, 3.63) is 29.8 Å². The smallest absolute Gasteiger partial charge is 0.303 e. The molecule has 1 saturated carbocycles. The van der Waals surface area contributed by atoms with E-state index in [-0.39, 0.29) is 18.9 Å². The molecule has 0 aromatic heterocycles. The highest BCUT2D eigenvalue weighted by Crippen LogP contribution is 2.28. The van der Waals surface area contributed by atoms with E-state index >= 15 is 0 Å². The maximum atomic E-state index is 11.7. The first-order valence-electron chi connectivity index (χ1n) is 6.82. The second kappa shape index (κ2) is 7.05. The van der Waals surface area contributed by atoms with Gasteiger partial charge in [-0.15, -0.1) is 0 Å². The van der Waals surface area contributed by atoms with Crippen LogP contribution in [0.1, 0.15) is 24.8 Å². The van der Waals surface area contributed by atoms with E-state index in [2.05, 4.69) is 5.32 Å². The van der Waals surface area contributed by atoms with E-state index in [0.29, 0.717) is 24.6 Å². The Kier molecular flexibility index (Phi) is 5.12. The number of carboxylic acids is 1. The molecular weight excluding hydrogens is 258 g/mol. The van der Waals surface area contributed by atoms with Gasteiger partial charge in [0.15, 0.2) is 0 Å². The quantitative estimate of drug-likeness (QED) is 0.762. The van der Waals surface area contributed by atoms with Gasteiger partial charge < -0.3 is 15.2 Å². The van der Waals surface area contributed by atoms with Crippen molar-refractivity contribution in [1.29, 1.82) is 0 Å². The van der Waals surface area contributed by atoms with E-state index in [4.69, 9.17) is 9.84 Å². The van der Waals surface area contributed by atoms with Crippen molar-refractivity contribution in [3.63, 3.8) is 0 Å². The van der Waals surface area contributed by atoms with Crippen molar-refractivity contribution in [3.8, 4) is 0 Å². The third kappa shape index (κ3) is 5.40. The minimum atomic E-state index is -0.826. The second-order valence-corrected chi connectivity index (χ2v) is 5.10.